The summed E-state index contributed by atoms with van der Waals surface area (Å²) in [6.07, 6.45) is -6.41. The van der Waals surface area contributed by atoms with Crippen molar-refractivity contribution in [3.63, 3.8) is 0 Å². The average molecular weight is 510 g/mol. The van der Waals surface area contributed by atoms with Crippen molar-refractivity contribution in [2.45, 2.75) is 61.1 Å². The maximum atomic E-state index is 13.4. The molecule has 0 aliphatic carbocycles. The van der Waals surface area contributed by atoms with Gasteiger partial charge in [-0.25, -0.2) is 4.39 Å². The summed E-state index contributed by atoms with van der Waals surface area (Å²) in [6, 6.07) is -6.33. The second kappa shape index (κ2) is 7.46. The summed E-state index contributed by atoms with van der Waals surface area (Å²) >= 11 is 13.3. The normalized spacial score (nSPS) is 17.2. The molecule has 0 aromatic rings. The third-order valence-electron chi connectivity index (χ3n) is 3.29. The molecule has 0 nitrogen and oxygen atoms in total. The van der Waals surface area contributed by atoms with Crippen LogP contribution in [0.15, 0.2) is 0 Å². The van der Waals surface area contributed by atoms with Crippen molar-refractivity contribution < 1.29 is 57.1 Å². The summed E-state index contributed by atoms with van der Waals surface area (Å²) in [5.41, 5.74) is -6.60. The molecule has 0 rings (SSSR count). The molecule has 1 unspecified atom stereocenters. The van der Waals surface area contributed by atoms with Crippen LogP contribution >= 0.6 is 33.2 Å². The fraction of sp³-hybridized carbons (Fsp3) is 1.00. The zero-order valence-corrected chi connectivity index (χ0v) is 15.8. The van der Waals surface area contributed by atoms with Gasteiger partial charge in [-0.2, -0.15) is 52.7 Å². The minimum absolute atomic E-state index is 0.665. The standard InChI is InChI=1S/C10H8Cl3F13Si/c1-2-3-4(14)5(15,16)6(17,18)7(19,20)8(21,22)9(23,24)10(25,26)27(11,12)13/h4H,2-3H2,1H3. The van der Waals surface area contributed by atoms with E-state index in [0.717, 1.165) is 6.92 Å². The fourth-order valence-electron chi connectivity index (χ4n) is 1.61. The molecule has 0 aromatic carbocycles. The molecule has 0 aromatic heterocycles. The lowest BCUT2D eigenvalue weighted by molar-refractivity contribution is -0.422. The molecule has 164 valence electrons. The second-order valence-electron chi connectivity index (χ2n) is 5.25. The molecule has 0 heterocycles. The summed E-state index contributed by atoms with van der Waals surface area (Å²) in [5, 5.41) is 0. The Hall–Kier alpha value is 0.177. The Labute approximate surface area is 158 Å². The van der Waals surface area contributed by atoms with Gasteiger partial charge in [-0.1, -0.05) is 13.3 Å². The highest BCUT2D eigenvalue weighted by Gasteiger charge is 2.92. The zero-order valence-electron chi connectivity index (χ0n) is 12.5. The van der Waals surface area contributed by atoms with E-state index in [4.69, 9.17) is 0 Å². The van der Waals surface area contributed by atoms with Gasteiger partial charge in [0.25, 0.3) is 0 Å². The second-order valence-corrected chi connectivity index (χ2v) is 13.7. The van der Waals surface area contributed by atoms with E-state index < -0.39 is 60.2 Å². The lowest BCUT2D eigenvalue weighted by atomic mass is 9.91. The van der Waals surface area contributed by atoms with Gasteiger partial charge in [0.1, 0.15) is 0 Å². The fourth-order valence-corrected chi connectivity index (χ4v) is 3.19. The van der Waals surface area contributed by atoms with Gasteiger partial charge in [-0.15, -0.1) is 33.2 Å². The van der Waals surface area contributed by atoms with Crippen LogP contribution in [0, 0.1) is 0 Å². The van der Waals surface area contributed by atoms with E-state index in [0.29, 0.717) is 0 Å². The lowest BCUT2D eigenvalue weighted by Crippen LogP contribution is -2.73. The van der Waals surface area contributed by atoms with Crippen LogP contribution in [0.3, 0.4) is 0 Å². The topological polar surface area (TPSA) is 0 Å². The summed E-state index contributed by atoms with van der Waals surface area (Å²) in [4.78, 5) is 0. The molecule has 0 saturated heterocycles. The maximum Gasteiger partial charge on any atom is 0.424 e. The molecule has 0 aliphatic rings. The Morgan fingerprint density at radius 3 is 1.30 bits per heavy atom. The van der Waals surface area contributed by atoms with Crippen molar-refractivity contribution in [3.05, 3.63) is 0 Å². The third-order valence-corrected chi connectivity index (χ3v) is 6.45. The Kier molecular flexibility index (Phi) is 7.50. The van der Waals surface area contributed by atoms with Gasteiger partial charge in [0.05, 0.1) is 0 Å². The van der Waals surface area contributed by atoms with Gasteiger partial charge in [0.2, 0.25) is 0 Å². The number of hydrogen-bond acceptors (Lipinski definition) is 0. The van der Waals surface area contributed by atoms with Crippen molar-refractivity contribution in [1.29, 1.82) is 0 Å². The van der Waals surface area contributed by atoms with Crippen molar-refractivity contribution in [2.24, 2.45) is 0 Å². The summed E-state index contributed by atoms with van der Waals surface area (Å²) in [6.45, 7) is 0.911. The maximum absolute atomic E-state index is 13.4. The van der Waals surface area contributed by atoms with Crippen LogP contribution in [0.5, 0.6) is 0 Å². The first-order chi connectivity index (χ1) is 11.5. The molecule has 0 saturated carbocycles. The van der Waals surface area contributed by atoms with Crippen molar-refractivity contribution >= 4 is 39.2 Å². The molecule has 17 heteroatoms. The smallest absolute Gasteiger partial charge is 0.241 e. The highest BCUT2D eigenvalue weighted by atomic mass is 35.8. The van der Waals surface area contributed by atoms with Crippen LogP contribution in [-0.2, 0) is 0 Å². The first kappa shape index (κ1) is 27.2. The van der Waals surface area contributed by atoms with Crippen LogP contribution in [0.4, 0.5) is 57.1 Å². The molecular formula is C10H8Cl3F13Si. The van der Waals surface area contributed by atoms with Crippen LogP contribution in [0.2, 0.25) is 0 Å². The van der Waals surface area contributed by atoms with E-state index in [1.807, 2.05) is 0 Å². The quantitative estimate of drug-likeness (QED) is 0.176. The van der Waals surface area contributed by atoms with Gasteiger partial charge in [-0.05, 0) is 6.42 Å². The van der Waals surface area contributed by atoms with E-state index in [9.17, 15) is 57.1 Å². The highest BCUT2D eigenvalue weighted by Crippen LogP contribution is 2.63. The van der Waals surface area contributed by atoms with Gasteiger partial charge in [0.15, 0.2) is 6.17 Å². The molecule has 0 amide bonds. The molecule has 0 radical (unpaired) electrons. The lowest BCUT2D eigenvalue weighted by Gasteiger charge is -2.42. The van der Waals surface area contributed by atoms with Crippen LogP contribution < -0.4 is 0 Å². The zero-order chi connectivity index (χ0) is 22.5. The van der Waals surface area contributed by atoms with E-state index in [1.54, 1.807) is 0 Å². The Balaban J connectivity index is 6.47. The van der Waals surface area contributed by atoms with Crippen LogP contribution in [-0.4, -0.2) is 47.3 Å². The molecule has 27 heavy (non-hydrogen) atoms. The van der Waals surface area contributed by atoms with Crippen LogP contribution in [0.1, 0.15) is 19.8 Å². The minimum Gasteiger partial charge on any atom is -0.241 e. The molecule has 0 fully saturated rings. The van der Waals surface area contributed by atoms with Crippen molar-refractivity contribution in [2.75, 3.05) is 0 Å². The molecule has 0 N–H and O–H groups in total. The van der Waals surface area contributed by atoms with Crippen molar-refractivity contribution in [3.8, 4) is 0 Å². The third kappa shape index (κ3) is 3.83. The SMILES string of the molecule is CCCC(F)C(F)(F)C(F)(F)C(F)(F)C(F)(F)C(F)(F)C(F)(F)[Si](Cl)(Cl)Cl. The summed E-state index contributed by atoms with van der Waals surface area (Å²) in [7, 11) is 0. The number of alkyl halides is 13. The summed E-state index contributed by atoms with van der Waals surface area (Å²) < 4.78 is 173. The van der Waals surface area contributed by atoms with Crippen molar-refractivity contribution in [1.82, 2.24) is 0 Å². The highest BCUT2D eigenvalue weighted by molar-refractivity contribution is 7.65. The molecule has 0 spiro atoms. The largest absolute Gasteiger partial charge is 0.424 e. The molecule has 0 aliphatic heterocycles. The Morgan fingerprint density at radius 1 is 0.667 bits per heavy atom. The summed E-state index contributed by atoms with van der Waals surface area (Å²) in [5.74, 6) is -37.4. The van der Waals surface area contributed by atoms with E-state index in [1.165, 1.54) is 0 Å². The predicted molar refractivity (Wildman–Crippen MR) is 72.8 cm³/mol. The van der Waals surface area contributed by atoms with E-state index in [2.05, 4.69) is 33.2 Å². The minimum atomic E-state index is -7.88. The monoisotopic (exact) mass is 508 g/mol. The van der Waals surface area contributed by atoms with Gasteiger partial charge >= 0.3 is 41.2 Å². The average Bonchev–Trinajstić information content (AvgIpc) is 2.45. The van der Waals surface area contributed by atoms with E-state index >= 15 is 0 Å². The first-order valence-corrected chi connectivity index (χ1v) is 11.5. The first-order valence-electron chi connectivity index (χ1n) is 6.46. The van der Waals surface area contributed by atoms with Crippen LogP contribution in [0.25, 0.3) is 0 Å². The molecule has 1 atom stereocenters. The van der Waals surface area contributed by atoms with Gasteiger partial charge in [-0.3, -0.25) is 0 Å². The Bertz CT molecular complexity index is 531. The Morgan fingerprint density at radius 2 is 1.00 bits per heavy atom. The van der Waals surface area contributed by atoms with Gasteiger partial charge in [0, 0.05) is 0 Å². The number of rotatable bonds is 9. The van der Waals surface area contributed by atoms with E-state index in [-0.39, 0.29) is 0 Å². The number of hydrogen-bond donors (Lipinski definition) is 0. The number of halogens is 16. The van der Waals surface area contributed by atoms with Gasteiger partial charge < -0.3 is 0 Å². The predicted octanol–water partition coefficient (Wildman–Crippen LogP) is 7.13. The molecular weight excluding hydrogens is 502 g/mol. The molecule has 0 bridgehead atoms.